The Hall–Kier alpha value is -3.99. The van der Waals surface area contributed by atoms with Gasteiger partial charge in [-0.05, 0) is 25.1 Å². The van der Waals surface area contributed by atoms with Crippen LogP contribution in [0.25, 0.3) is 16.6 Å². The Kier molecular flexibility index (Phi) is 5.76. The largest absolute Gasteiger partial charge is 0.351 e. The number of halogens is 1. The van der Waals surface area contributed by atoms with Crippen LogP contribution in [-0.2, 0) is 7.05 Å². The summed E-state index contributed by atoms with van der Waals surface area (Å²) in [6, 6.07) is 9.03. The molecular formula is C25H25FN9S+. The number of hydrogen-bond acceptors (Lipinski definition) is 7. The lowest BCUT2D eigenvalue weighted by atomic mass is 10.2. The van der Waals surface area contributed by atoms with Gasteiger partial charge in [0.1, 0.15) is 17.7 Å². The van der Waals surface area contributed by atoms with Gasteiger partial charge in [-0.1, -0.05) is 23.9 Å². The summed E-state index contributed by atoms with van der Waals surface area (Å²) in [5, 5.41) is 7.58. The first-order chi connectivity index (χ1) is 17.5. The number of anilines is 2. The van der Waals surface area contributed by atoms with E-state index in [2.05, 4.69) is 47.9 Å². The van der Waals surface area contributed by atoms with Gasteiger partial charge in [0.05, 0.1) is 11.8 Å². The van der Waals surface area contributed by atoms with E-state index in [-0.39, 0.29) is 11.9 Å². The first-order valence-electron chi connectivity index (χ1n) is 11.7. The molecule has 1 fully saturated rings. The van der Waals surface area contributed by atoms with Gasteiger partial charge in [-0.15, -0.1) is 4.68 Å². The van der Waals surface area contributed by atoms with Crippen molar-refractivity contribution in [3.63, 3.8) is 0 Å². The number of rotatable bonds is 5. The fourth-order valence-corrected chi connectivity index (χ4v) is 5.32. The van der Waals surface area contributed by atoms with Crippen molar-refractivity contribution in [3.8, 4) is 11.1 Å². The fourth-order valence-electron chi connectivity index (χ4n) is 4.54. The van der Waals surface area contributed by atoms with E-state index >= 15 is 0 Å². The molecular weight excluding hydrogens is 477 g/mol. The van der Waals surface area contributed by atoms with Gasteiger partial charge < -0.3 is 9.80 Å². The lowest BCUT2D eigenvalue weighted by Gasteiger charge is -2.40. The van der Waals surface area contributed by atoms with Crippen LogP contribution in [0.2, 0.25) is 0 Å². The standard InChI is InChI=1S/C25H24FN9S/c1-17-13-33(24-22-9-18(15-35(22)31-16-29-24)19-10-30-32(2)14-19)7-8-34(17)25-27-11-20(12-28-25)36-23-6-4-3-5-21(23)26/h3-6,9-12,14-17H,7-8,13H2,1-2H3/p+1/t17-/m1/s1. The summed E-state index contributed by atoms with van der Waals surface area (Å²) in [5.41, 5.74) is 3.16. The third kappa shape index (κ3) is 4.26. The van der Waals surface area contributed by atoms with Crippen LogP contribution in [0.3, 0.4) is 0 Å². The zero-order valence-corrected chi connectivity index (χ0v) is 20.7. The molecule has 5 aromatic rings. The van der Waals surface area contributed by atoms with Gasteiger partial charge in [-0.2, -0.15) is 10.2 Å². The highest BCUT2D eigenvalue weighted by atomic mass is 32.2. The molecule has 1 N–H and O–H groups in total. The molecule has 6 rings (SSSR count). The molecule has 4 aromatic heterocycles. The lowest BCUT2D eigenvalue weighted by Crippen LogP contribution is -2.53. The Morgan fingerprint density at radius 3 is 2.69 bits per heavy atom. The van der Waals surface area contributed by atoms with Gasteiger partial charge in [0.25, 0.3) is 0 Å². The molecule has 1 aromatic carbocycles. The van der Waals surface area contributed by atoms with Crippen molar-refractivity contribution < 1.29 is 9.07 Å². The second-order valence-electron chi connectivity index (χ2n) is 8.85. The number of benzene rings is 1. The topological polar surface area (TPSA) is 82.1 Å². The molecule has 9 nitrogen and oxygen atoms in total. The first-order valence-corrected chi connectivity index (χ1v) is 12.5. The molecule has 0 radical (unpaired) electrons. The van der Waals surface area contributed by atoms with E-state index in [4.69, 9.17) is 0 Å². The summed E-state index contributed by atoms with van der Waals surface area (Å²) in [6.07, 6.45) is 11.2. The van der Waals surface area contributed by atoms with Crippen LogP contribution >= 0.6 is 11.8 Å². The van der Waals surface area contributed by atoms with Gasteiger partial charge in [0.2, 0.25) is 12.1 Å². The molecule has 11 heteroatoms. The Labute approximate surface area is 211 Å². The number of nitrogens with one attached hydrogen (secondary N) is 1. The number of fused-ring (bicyclic) bond motifs is 1. The molecule has 0 saturated carbocycles. The van der Waals surface area contributed by atoms with Gasteiger partial charge in [0, 0.05) is 59.6 Å². The van der Waals surface area contributed by atoms with E-state index in [1.165, 1.54) is 17.8 Å². The molecule has 1 saturated heterocycles. The normalized spacial score (nSPS) is 16.1. The summed E-state index contributed by atoms with van der Waals surface area (Å²) in [5.74, 6) is 1.35. The van der Waals surface area contributed by atoms with Crippen LogP contribution in [0.5, 0.6) is 0 Å². The van der Waals surface area contributed by atoms with Gasteiger partial charge >= 0.3 is 0 Å². The second kappa shape index (κ2) is 9.23. The smallest absolute Gasteiger partial charge is 0.225 e. The van der Waals surface area contributed by atoms with E-state index in [1.807, 2.05) is 40.9 Å². The lowest BCUT2D eigenvalue weighted by molar-refractivity contribution is -0.726. The van der Waals surface area contributed by atoms with Crippen LogP contribution in [0.1, 0.15) is 6.92 Å². The Bertz CT molecular complexity index is 1510. The zero-order valence-electron chi connectivity index (χ0n) is 19.9. The van der Waals surface area contributed by atoms with Crippen molar-refractivity contribution in [2.45, 2.75) is 22.8 Å². The minimum Gasteiger partial charge on any atom is -0.351 e. The molecule has 5 heterocycles. The van der Waals surface area contributed by atoms with Crippen molar-refractivity contribution in [3.05, 3.63) is 73.5 Å². The van der Waals surface area contributed by atoms with Crippen molar-refractivity contribution in [2.75, 3.05) is 29.4 Å². The number of nitrogens with zero attached hydrogens (tertiary/aromatic N) is 8. The molecule has 36 heavy (non-hydrogen) atoms. The number of aromatic nitrogens is 7. The second-order valence-corrected chi connectivity index (χ2v) is 9.97. The van der Waals surface area contributed by atoms with Crippen LogP contribution in [0, 0.1) is 5.82 Å². The minimum atomic E-state index is -0.243. The molecule has 0 aliphatic carbocycles. The number of piperazine rings is 1. The van der Waals surface area contributed by atoms with Crippen LogP contribution in [-0.4, -0.2) is 55.3 Å². The van der Waals surface area contributed by atoms with Crippen LogP contribution < -0.4 is 14.5 Å². The SMILES string of the molecule is C[C@@H]1CN(c2ncnn3cc(-c4c[nH][n+](C)c4)cc23)CCN1c1ncc(Sc2ccccc2F)cn1. The van der Waals surface area contributed by atoms with Crippen molar-refractivity contribution in [2.24, 2.45) is 7.05 Å². The predicted octanol–water partition coefficient (Wildman–Crippen LogP) is 3.34. The summed E-state index contributed by atoms with van der Waals surface area (Å²) in [4.78, 5) is 19.7. The van der Waals surface area contributed by atoms with E-state index < -0.39 is 0 Å². The molecule has 0 unspecified atom stereocenters. The van der Waals surface area contributed by atoms with Crippen molar-refractivity contribution >= 4 is 29.0 Å². The maximum atomic E-state index is 14.0. The summed E-state index contributed by atoms with van der Waals surface area (Å²) in [7, 11) is 1.96. The zero-order chi connectivity index (χ0) is 24.6. The fraction of sp³-hybridized carbons (Fsp3) is 0.240. The Morgan fingerprint density at radius 2 is 1.94 bits per heavy atom. The maximum absolute atomic E-state index is 14.0. The van der Waals surface area contributed by atoms with Crippen molar-refractivity contribution in [1.29, 1.82) is 0 Å². The monoisotopic (exact) mass is 502 g/mol. The molecule has 1 aliphatic rings. The Morgan fingerprint density at radius 1 is 1.11 bits per heavy atom. The maximum Gasteiger partial charge on any atom is 0.225 e. The highest BCUT2D eigenvalue weighted by Crippen LogP contribution is 2.30. The first kappa shape index (κ1) is 22.5. The van der Waals surface area contributed by atoms with Gasteiger partial charge in [-0.3, -0.25) is 0 Å². The van der Waals surface area contributed by atoms with E-state index in [0.717, 1.165) is 47.0 Å². The summed E-state index contributed by atoms with van der Waals surface area (Å²) >= 11 is 1.32. The highest BCUT2D eigenvalue weighted by Gasteiger charge is 2.28. The summed E-state index contributed by atoms with van der Waals surface area (Å²) < 4.78 is 17.8. The third-order valence-electron chi connectivity index (χ3n) is 6.34. The third-order valence-corrected chi connectivity index (χ3v) is 7.34. The molecule has 1 atom stereocenters. The number of aryl methyl sites for hydroxylation is 1. The van der Waals surface area contributed by atoms with Gasteiger partial charge in [-0.25, -0.2) is 23.9 Å². The number of H-pyrrole nitrogens is 1. The number of aromatic amines is 1. The number of hydrogen-bond donors (Lipinski definition) is 1. The molecule has 0 bridgehead atoms. The van der Waals surface area contributed by atoms with Crippen molar-refractivity contribution in [1.82, 2.24) is 29.7 Å². The van der Waals surface area contributed by atoms with Crippen LogP contribution in [0.15, 0.2) is 77.4 Å². The molecule has 1 aliphatic heterocycles. The molecule has 182 valence electrons. The quantitative estimate of drug-likeness (QED) is 0.369. The molecule has 0 spiro atoms. The van der Waals surface area contributed by atoms with E-state index in [9.17, 15) is 4.39 Å². The average molecular weight is 503 g/mol. The van der Waals surface area contributed by atoms with Gasteiger partial charge in [0.15, 0.2) is 12.9 Å². The Balaban J connectivity index is 1.18. The predicted molar refractivity (Wildman–Crippen MR) is 136 cm³/mol. The highest BCUT2D eigenvalue weighted by molar-refractivity contribution is 7.99. The summed E-state index contributed by atoms with van der Waals surface area (Å²) in [6.45, 7) is 4.49. The van der Waals surface area contributed by atoms with Crippen LogP contribution in [0.4, 0.5) is 16.2 Å². The van der Waals surface area contributed by atoms with E-state index in [1.54, 1.807) is 30.9 Å². The minimum absolute atomic E-state index is 0.178. The van der Waals surface area contributed by atoms with E-state index in [0.29, 0.717) is 10.8 Å². The average Bonchev–Trinajstić information content (AvgIpc) is 3.52. The molecule has 0 amide bonds.